The lowest BCUT2D eigenvalue weighted by Crippen LogP contribution is -2.41. The quantitative estimate of drug-likeness (QED) is 0.736. The third kappa shape index (κ3) is 3.67. The number of benzene rings is 2. The van der Waals surface area contributed by atoms with Crippen molar-refractivity contribution in [2.75, 3.05) is 0 Å². The Bertz CT molecular complexity index is 982. The summed E-state index contributed by atoms with van der Waals surface area (Å²) in [6.45, 7) is 3.85. The molecule has 2 aromatic carbocycles. The van der Waals surface area contributed by atoms with Gasteiger partial charge in [-0.15, -0.1) is 0 Å². The Kier molecular flexibility index (Phi) is 4.52. The fourth-order valence-electron chi connectivity index (χ4n) is 2.92. The molecule has 2 N–H and O–H groups in total. The number of aromatic nitrogens is 1. The molecule has 1 aromatic heterocycles. The van der Waals surface area contributed by atoms with E-state index in [0.717, 1.165) is 22.0 Å². The summed E-state index contributed by atoms with van der Waals surface area (Å²) in [5.74, 6) is -0.0804. The number of fused-ring (bicyclic) bond motifs is 1. The van der Waals surface area contributed by atoms with E-state index in [1.54, 1.807) is 12.1 Å². The van der Waals surface area contributed by atoms with Gasteiger partial charge in [-0.05, 0) is 49.2 Å². The van der Waals surface area contributed by atoms with Crippen molar-refractivity contribution in [1.82, 2.24) is 10.3 Å². The zero-order valence-corrected chi connectivity index (χ0v) is 14.8. The van der Waals surface area contributed by atoms with Crippen LogP contribution in [0.1, 0.15) is 30.5 Å². The van der Waals surface area contributed by atoms with Crippen LogP contribution in [0.5, 0.6) is 0 Å². The van der Waals surface area contributed by atoms with Gasteiger partial charge in [-0.2, -0.15) is 5.26 Å². The molecule has 0 saturated carbocycles. The minimum absolute atomic E-state index is 0.0804. The van der Waals surface area contributed by atoms with E-state index in [2.05, 4.69) is 16.4 Å². The molecule has 0 radical (unpaired) electrons. The highest BCUT2D eigenvalue weighted by Gasteiger charge is 2.23. The molecule has 0 aliphatic rings. The smallest absolute Gasteiger partial charge is 0.225 e. The molecule has 5 heteroatoms. The average Bonchev–Trinajstić information content (AvgIpc) is 2.96. The first-order chi connectivity index (χ1) is 11.9. The highest BCUT2D eigenvalue weighted by atomic mass is 35.5. The van der Waals surface area contributed by atoms with Crippen molar-refractivity contribution in [2.24, 2.45) is 0 Å². The molecular formula is C20H18ClN3O. The van der Waals surface area contributed by atoms with E-state index >= 15 is 0 Å². The van der Waals surface area contributed by atoms with Crippen molar-refractivity contribution >= 4 is 28.4 Å². The third-order valence-electron chi connectivity index (χ3n) is 4.25. The van der Waals surface area contributed by atoms with Gasteiger partial charge < -0.3 is 10.3 Å². The molecule has 4 nitrogen and oxygen atoms in total. The van der Waals surface area contributed by atoms with Crippen molar-refractivity contribution in [1.29, 1.82) is 5.26 Å². The first-order valence-electron chi connectivity index (χ1n) is 7.96. The van der Waals surface area contributed by atoms with Crippen LogP contribution in [0.2, 0.25) is 5.02 Å². The number of halogens is 1. The lowest BCUT2D eigenvalue weighted by atomic mass is 9.92. The molecule has 0 fully saturated rings. The van der Waals surface area contributed by atoms with Crippen LogP contribution in [0.15, 0.2) is 48.7 Å². The summed E-state index contributed by atoms with van der Waals surface area (Å²) >= 11 is 5.99. The summed E-state index contributed by atoms with van der Waals surface area (Å²) < 4.78 is 0. The van der Waals surface area contributed by atoms with E-state index in [-0.39, 0.29) is 12.3 Å². The van der Waals surface area contributed by atoms with Crippen molar-refractivity contribution < 1.29 is 4.79 Å². The van der Waals surface area contributed by atoms with E-state index in [1.807, 2.05) is 50.4 Å². The number of rotatable bonds is 4. The van der Waals surface area contributed by atoms with Gasteiger partial charge in [0.1, 0.15) is 0 Å². The predicted octanol–water partition coefficient (Wildman–Crippen LogP) is 4.29. The van der Waals surface area contributed by atoms with Gasteiger partial charge in [0.05, 0.1) is 23.6 Å². The molecule has 0 atom stereocenters. The number of nitrogens with one attached hydrogen (secondary N) is 2. The van der Waals surface area contributed by atoms with Crippen LogP contribution in [0, 0.1) is 11.3 Å². The Morgan fingerprint density at radius 3 is 2.84 bits per heavy atom. The molecule has 0 bridgehead atoms. The molecule has 0 unspecified atom stereocenters. The van der Waals surface area contributed by atoms with Crippen LogP contribution in [-0.4, -0.2) is 10.9 Å². The molecule has 3 rings (SSSR count). The molecule has 0 aliphatic carbocycles. The van der Waals surface area contributed by atoms with Crippen LogP contribution < -0.4 is 5.32 Å². The lowest BCUT2D eigenvalue weighted by molar-refractivity contribution is -0.122. The van der Waals surface area contributed by atoms with Crippen molar-refractivity contribution in [3.05, 3.63) is 70.4 Å². The van der Waals surface area contributed by atoms with Crippen LogP contribution in [0.4, 0.5) is 0 Å². The SMILES string of the molecule is CC(C)(NC(=O)Cc1c[nH]c2cc(Cl)ccc12)c1cccc(C#N)c1. The Morgan fingerprint density at radius 2 is 2.08 bits per heavy atom. The van der Waals surface area contributed by atoms with Gasteiger partial charge >= 0.3 is 0 Å². The number of nitrogens with zero attached hydrogens (tertiary/aromatic N) is 1. The summed E-state index contributed by atoms with van der Waals surface area (Å²) in [5, 5.41) is 13.7. The number of amides is 1. The van der Waals surface area contributed by atoms with Gasteiger partial charge in [0.2, 0.25) is 5.91 Å². The van der Waals surface area contributed by atoms with E-state index in [0.29, 0.717) is 10.6 Å². The zero-order valence-electron chi connectivity index (χ0n) is 14.1. The molecular weight excluding hydrogens is 334 g/mol. The number of nitriles is 1. The summed E-state index contributed by atoms with van der Waals surface area (Å²) in [6.07, 6.45) is 2.10. The summed E-state index contributed by atoms with van der Waals surface area (Å²) in [7, 11) is 0. The fourth-order valence-corrected chi connectivity index (χ4v) is 3.09. The first-order valence-corrected chi connectivity index (χ1v) is 8.34. The molecule has 0 spiro atoms. The summed E-state index contributed by atoms with van der Waals surface area (Å²) in [5.41, 5.74) is 2.74. The topological polar surface area (TPSA) is 68.7 Å². The van der Waals surface area contributed by atoms with Crippen molar-refractivity contribution in [2.45, 2.75) is 25.8 Å². The van der Waals surface area contributed by atoms with E-state index in [1.165, 1.54) is 0 Å². The van der Waals surface area contributed by atoms with Crippen LogP contribution in [0.3, 0.4) is 0 Å². The molecule has 3 aromatic rings. The Morgan fingerprint density at radius 1 is 1.28 bits per heavy atom. The number of aromatic amines is 1. The van der Waals surface area contributed by atoms with Gasteiger partial charge in [0, 0.05) is 22.1 Å². The summed E-state index contributed by atoms with van der Waals surface area (Å²) in [4.78, 5) is 15.7. The van der Waals surface area contributed by atoms with E-state index in [9.17, 15) is 4.79 Å². The Balaban J connectivity index is 1.77. The third-order valence-corrected chi connectivity index (χ3v) is 4.48. The Hall–Kier alpha value is -2.77. The van der Waals surface area contributed by atoms with Crippen molar-refractivity contribution in [3.63, 3.8) is 0 Å². The molecule has 25 heavy (non-hydrogen) atoms. The number of carbonyl (C=O) groups excluding carboxylic acids is 1. The second-order valence-corrected chi connectivity index (χ2v) is 6.98. The van der Waals surface area contributed by atoms with E-state index < -0.39 is 5.54 Å². The summed E-state index contributed by atoms with van der Waals surface area (Å²) in [6, 6.07) is 15.0. The molecule has 1 amide bonds. The second-order valence-electron chi connectivity index (χ2n) is 6.55. The number of carbonyl (C=O) groups is 1. The highest BCUT2D eigenvalue weighted by molar-refractivity contribution is 6.31. The van der Waals surface area contributed by atoms with Gasteiger partial charge in [0.15, 0.2) is 0 Å². The fraction of sp³-hybridized carbons (Fsp3) is 0.200. The largest absolute Gasteiger partial charge is 0.361 e. The first kappa shape index (κ1) is 17.1. The minimum Gasteiger partial charge on any atom is -0.361 e. The maximum absolute atomic E-state index is 12.5. The van der Waals surface area contributed by atoms with Crippen LogP contribution >= 0.6 is 11.6 Å². The molecule has 1 heterocycles. The van der Waals surface area contributed by atoms with Gasteiger partial charge in [-0.3, -0.25) is 4.79 Å². The van der Waals surface area contributed by atoms with Gasteiger partial charge in [-0.1, -0.05) is 29.8 Å². The molecule has 0 aliphatic heterocycles. The maximum Gasteiger partial charge on any atom is 0.225 e. The number of hydrogen-bond acceptors (Lipinski definition) is 2. The second kappa shape index (κ2) is 6.62. The molecule has 126 valence electrons. The van der Waals surface area contributed by atoms with Crippen LogP contribution in [-0.2, 0) is 16.8 Å². The molecule has 0 saturated heterocycles. The average molecular weight is 352 g/mol. The maximum atomic E-state index is 12.5. The van der Waals surface area contributed by atoms with Gasteiger partial charge in [-0.25, -0.2) is 0 Å². The number of hydrogen-bond donors (Lipinski definition) is 2. The number of H-pyrrole nitrogens is 1. The highest BCUT2D eigenvalue weighted by Crippen LogP contribution is 2.24. The van der Waals surface area contributed by atoms with Crippen molar-refractivity contribution in [3.8, 4) is 6.07 Å². The zero-order chi connectivity index (χ0) is 18.0. The van der Waals surface area contributed by atoms with E-state index in [4.69, 9.17) is 16.9 Å². The Labute approximate surface area is 151 Å². The van der Waals surface area contributed by atoms with Gasteiger partial charge in [0.25, 0.3) is 0 Å². The predicted molar refractivity (Wildman–Crippen MR) is 99.3 cm³/mol. The standard InChI is InChI=1S/C20H18ClN3O/c1-20(2,15-5-3-4-13(8-15)11-22)24-19(25)9-14-12-23-18-10-16(21)6-7-17(14)18/h3-8,10,12,23H,9H2,1-2H3,(H,24,25). The lowest BCUT2D eigenvalue weighted by Gasteiger charge is -2.27. The normalized spacial score (nSPS) is 11.3. The monoisotopic (exact) mass is 351 g/mol. The minimum atomic E-state index is -0.570. The van der Waals surface area contributed by atoms with Crippen LogP contribution in [0.25, 0.3) is 10.9 Å².